The molecule has 0 bridgehead atoms. The molecule has 130 valence electrons. The lowest BCUT2D eigenvalue weighted by Gasteiger charge is -2.22. The van der Waals surface area contributed by atoms with Crippen LogP contribution < -0.4 is 15.5 Å². The van der Waals surface area contributed by atoms with Gasteiger partial charge in [-0.15, -0.1) is 0 Å². The van der Waals surface area contributed by atoms with E-state index in [2.05, 4.69) is 10.6 Å². The number of rotatable bonds is 7. The summed E-state index contributed by atoms with van der Waals surface area (Å²) in [5.41, 5.74) is 2.12. The summed E-state index contributed by atoms with van der Waals surface area (Å²) >= 11 is 0. The number of anilines is 2. The molecule has 1 saturated carbocycles. The maximum atomic E-state index is 12.6. The molecule has 25 heavy (non-hydrogen) atoms. The lowest BCUT2D eigenvalue weighted by molar-refractivity contribution is -0.116. The standard InChI is InChI=1S/C20H23N3O2/c1-2-23(16-8-4-3-5-9-16)19(24)14-21-18-11-7-6-10-17(18)20(25)22-15-12-13-15/h3-11,15,21H,2,12-14H2,1H3,(H,22,25). The molecule has 0 saturated heterocycles. The number of hydrogen-bond acceptors (Lipinski definition) is 3. The Kier molecular flexibility index (Phi) is 5.33. The van der Waals surface area contributed by atoms with Crippen molar-refractivity contribution in [1.82, 2.24) is 5.32 Å². The van der Waals surface area contributed by atoms with E-state index in [-0.39, 0.29) is 18.4 Å². The molecule has 2 aromatic carbocycles. The van der Waals surface area contributed by atoms with Crippen molar-refractivity contribution < 1.29 is 9.59 Å². The fraction of sp³-hybridized carbons (Fsp3) is 0.300. The van der Waals surface area contributed by atoms with Crippen LogP contribution in [0.1, 0.15) is 30.1 Å². The summed E-state index contributed by atoms with van der Waals surface area (Å²) in [6.45, 7) is 2.67. The molecule has 2 aromatic rings. The highest BCUT2D eigenvalue weighted by Crippen LogP contribution is 2.21. The molecule has 1 aliphatic rings. The summed E-state index contributed by atoms with van der Waals surface area (Å²) in [6.07, 6.45) is 2.09. The van der Waals surface area contributed by atoms with Crippen molar-refractivity contribution in [2.24, 2.45) is 0 Å². The largest absolute Gasteiger partial charge is 0.375 e. The van der Waals surface area contributed by atoms with E-state index in [1.807, 2.05) is 55.5 Å². The van der Waals surface area contributed by atoms with Crippen LogP contribution in [-0.4, -0.2) is 30.9 Å². The lowest BCUT2D eigenvalue weighted by atomic mass is 10.1. The van der Waals surface area contributed by atoms with Gasteiger partial charge < -0.3 is 15.5 Å². The highest BCUT2D eigenvalue weighted by atomic mass is 16.2. The van der Waals surface area contributed by atoms with Crippen molar-refractivity contribution in [1.29, 1.82) is 0 Å². The van der Waals surface area contributed by atoms with Gasteiger partial charge in [0.15, 0.2) is 0 Å². The van der Waals surface area contributed by atoms with Crippen LogP contribution in [0.15, 0.2) is 54.6 Å². The Morgan fingerprint density at radius 2 is 1.72 bits per heavy atom. The lowest BCUT2D eigenvalue weighted by Crippen LogP contribution is -2.35. The van der Waals surface area contributed by atoms with E-state index in [0.29, 0.717) is 23.8 Å². The first-order chi connectivity index (χ1) is 12.2. The fourth-order valence-electron chi connectivity index (χ4n) is 2.70. The topological polar surface area (TPSA) is 61.4 Å². The SMILES string of the molecule is CCN(C(=O)CNc1ccccc1C(=O)NC1CC1)c1ccccc1. The third-order valence-electron chi connectivity index (χ3n) is 4.20. The van der Waals surface area contributed by atoms with E-state index in [1.54, 1.807) is 11.0 Å². The second kappa shape index (κ2) is 7.83. The first kappa shape index (κ1) is 17.0. The van der Waals surface area contributed by atoms with Crippen LogP contribution in [0.25, 0.3) is 0 Å². The third kappa shape index (κ3) is 4.38. The average molecular weight is 337 g/mol. The van der Waals surface area contributed by atoms with Crippen molar-refractivity contribution in [3.8, 4) is 0 Å². The predicted octanol–water partition coefficient (Wildman–Crippen LogP) is 3.04. The monoisotopic (exact) mass is 337 g/mol. The summed E-state index contributed by atoms with van der Waals surface area (Å²) in [4.78, 5) is 26.6. The molecule has 1 fully saturated rings. The zero-order valence-corrected chi connectivity index (χ0v) is 14.4. The highest BCUT2D eigenvalue weighted by Gasteiger charge is 2.25. The van der Waals surface area contributed by atoms with Crippen LogP contribution in [0.5, 0.6) is 0 Å². The molecule has 3 rings (SSSR count). The van der Waals surface area contributed by atoms with Crippen LogP contribution >= 0.6 is 0 Å². The van der Waals surface area contributed by atoms with Crippen molar-refractivity contribution in [3.63, 3.8) is 0 Å². The maximum absolute atomic E-state index is 12.6. The van der Waals surface area contributed by atoms with Crippen LogP contribution in [0.3, 0.4) is 0 Å². The number of benzene rings is 2. The molecule has 5 heteroatoms. The van der Waals surface area contributed by atoms with E-state index >= 15 is 0 Å². The quantitative estimate of drug-likeness (QED) is 0.816. The predicted molar refractivity (Wildman–Crippen MR) is 99.9 cm³/mol. The number of amides is 2. The van der Waals surface area contributed by atoms with Gasteiger partial charge in [0.1, 0.15) is 0 Å². The molecule has 0 aromatic heterocycles. The summed E-state index contributed by atoms with van der Waals surface area (Å²) in [7, 11) is 0. The Labute approximate surface area is 148 Å². The molecule has 0 spiro atoms. The van der Waals surface area contributed by atoms with Gasteiger partial charge in [-0.25, -0.2) is 0 Å². The summed E-state index contributed by atoms with van der Waals surface area (Å²) in [5.74, 6) is -0.125. The van der Waals surface area contributed by atoms with Crippen LogP contribution in [-0.2, 0) is 4.79 Å². The highest BCUT2D eigenvalue weighted by molar-refractivity contribution is 6.01. The van der Waals surface area contributed by atoms with Crippen LogP contribution in [0.4, 0.5) is 11.4 Å². The Balaban J connectivity index is 1.66. The first-order valence-electron chi connectivity index (χ1n) is 8.68. The van der Waals surface area contributed by atoms with E-state index in [4.69, 9.17) is 0 Å². The van der Waals surface area contributed by atoms with E-state index in [9.17, 15) is 9.59 Å². The molecule has 5 nitrogen and oxygen atoms in total. The van der Waals surface area contributed by atoms with Crippen LogP contribution in [0, 0.1) is 0 Å². The van der Waals surface area contributed by atoms with Gasteiger partial charge in [-0.05, 0) is 44.0 Å². The number of nitrogens with zero attached hydrogens (tertiary/aromatic N) is 1. The Bertz CT molecular complexity index is 742. The van der Waals surface area contributed by atoms with Gasteiger partial charge >= 0.3 is 0 Å². The third-order valence-corrected chi connectivity index (χ3v) is 4.20. The zero-order valence-electron chi connectivity index (χ0n) is 14.4. The van der Waals surface area contributed by atoms with Crippen LogP contribution in [0.2, 0.25) is 0 Å². The number of likely N-dealkylation sites (N-methyl/N-ethyl adjacent to an activating group) is 1. The molecular weight excluding hydrogens is 314 g/mol. The maximum Gasteiger partial charge on any atom is 0.253 e. The molecular formula is C20H23N3O2. The number of carbonyl (C=O) groups excluding carboxylic acids is 2. The molecule has 2 N–H and O–H groups in total. The summed E-state index contributed by atoms with van der Waals surface area (Å²) < 4.78 is 0. The Hall–Kier alpha value is -2.82. The van der Waals surface area contributed by atoms with Gasteiger partial charge in [0.25, 0.3) is 5.91 Å². The van der Waals surface area contributed by atoms with E-state index in [0.717, 1.165) is 18.5 Å². The second-order valence-corrected chi connectivity index (χ2v) is 6.12. The Morgan fingerprint density at radius 1 is 1.04 bits per heavy atom. The number of hydrogen-bond donors (Lipinski definition) is 2. The van der Waals surface area contributed by atoms with Crippen molar-refractivity contribution >= 4 is 23.2 Å². The number of nitrogens with one attached hydrogen (secondary N) is 2. The van der Waals surface area contributed by atoms with Gasteiger partial charge in [0.2, 0.25) is 5.91 Å². The molecule has 1 aliphatic carbocycles. The minimum Gasteiger partial charge on any atom is -0.375 e. The molecule has 0 aliphatic heterocycles. The average Bonchev–Trinajstić information content (AvgIpc) is 3.45. The van der Waals surface area contributed by atoms with Gasteiger partial charge in [-0.2, -0.15) is 0 Å². The van der Waals surface area contributed by atoms with Gasteiger partial charge in [0.05, 0.1) is 12.1 Å². The van der Waals surface area contributed by atoms with Gasteiger partial charge in [-0.1, -0.05) is 30.3 Å². The summed E-state index contributed by atoms with van der Waals surface area (Å²) in [5, 5.41) is 6.10. The van der Waals surface area contributed by atoms with E-state index < -0.39 is 0 Å². The fourth-order valence-corrected chi connectivity index (χ4v) is 2.70. The second-order valence-electron chi connectivity index (χ2n) is 6.12. The van der Waals surface area contributed by atoms with E-state index in [1.165, 1.54) is 0 Å². The molecule has 0 heterocycles. The van der Waals surface area contributed by atoms with Crippen molar-refractivity contribution in [3.05, 3.63) is 60.2 Å². The smallest absolute Gasteiger partial charge is 0.253 e. The molecule has 0 unspecified atom stereocenters. The van der Waals surface area contributed by atoms with Crippen molar-refractivity contribution in [2.45, 2.75) is 25.8 Å². The van der Waals surface area contributed by atoms with Crippen molar-refractivity contribution in [2.75, 3.05) is 23.3 Å². The minimum absolute atomic E-state index is 0.0360. The first-order valence-corrected chi connectivity index (χ1v) is 8.68. The van der Waals surface area contributed by atoms with Gasteiger partial charge in [-0.3, -0.25) is 9.59 Å². The Morgan fingerprint density at radius 3 is 2.40 bits per heavy atom. The normalized spacial score (nSPS) is 13.2. The number of para-hydroxylation sites is 2. The number of carbonyl (C=O) groups is 2. The molecule has 2 amide bonds. The van der Waals surface area contributed by atoms with Gasteiger partial charge in [0, 0.05) is 24.0 Å². The zero-order chi connectivity index (χ0) is 17.6. The molecule has 0 radical (unpaired) electrons. The molecule has 0 atom stereocenters. The summed E-state index contributed by atoms with van der Waals surface area (Å²) in [6, 6.07) is 17.2. The minimum atomic E-state index is -0.0894.